The Morgan fingerprint density at radius 1 is 0.848 bits per heavy atom. The zero-order chi connectivity index (χ0) is 23.2. The van der Waals surface area contributed by atoms with Crippen molar-refractivity contribution in [3.63, 3.8) is 0 Å². The Balaban J connectivity index is 1.66. The molecule has 2 N–H and O–H groups in total. The zero-order valence-corrected chi connectivity index (χ0v) is 19.5. The third-order valence-electron chi connectivity index (χ3n) is 5.62. The summed E-state index contributed by atoms with van der Waals surface area (Å²) in [6.45, 7) is 12.5. The highest BCUT2D eigenvalue weighted by molar-refractivity contribution is 6.10. The highest BCUT2D eigenvalue weighted by atomic mass is 15.0. The molecular weight excluding hydrogens is 402 g/mol. The Bertz CT molecular complexity index is 1210. The number of aryl methyl sites for hydroxylation is 1. The summed E-state index contributed by atoms with van der Waals surface area (Å²) >= 11 is 0. The van der Waals surface area contributed by atoms with Gasteiger partial charge in [-0.3, -0.25) is 0 Å². The molecule has 0 bridgehead atoms. The van der Waals surface area contributed by atoms with Crippen LogP contribution in [0.1, 0.15) is 43.4 Å². The minimum Gasteiger partial charge on any atom is -0.360 e. The molecule has 0 radical (unpaired) electrons. The maximum Gasteiger partial charge on any atom is 0.0903 e. The van der Waals surface area contributed by atoms with E-state index in [2.05, 4.69) is 104 Å². The van der Waals surface area contributed by atoms with Crippen molar-refractivity contribution in [1.82, 2.24) is 0 Å². The minimum atomic E-state index is 0.767. The Hall–Kier alpha value is -3.85. The minimum absolute atomic E-state index is 0.767. The fourth-order valence-corrected chi connectivity index (χ4v) is 4.11. The molecule has 0 aromatic heterocycles. The summed E-state index contributed by atoms with van der Waals surface area (Å²) < 4.78 is 0. The van der Waals surface area contributed by atoms with E-state index in [4.69, 9.17) is 4.99 Å². The van der Waals surface area contributed by atoms with Crippen molar-refractivity contribution in [2.45, 2.75) is 33.1 Å². The molecule has 166 valence electrons. The third-order valence-corrected chi connectivity index (χ3v) is 5.62. The summed E-state index contributed by atoms with van der Waals surface area (Å²) in [5, 5.41) is 6.78. The molecule has 0 atom stereocenters. The Morgan fingerprint density at radius 2 is 1.61 bits per heavy atom. The van der Waals surface area contributed by atoms with Crippen molar-refractivity contribution in [2.75, 3.05) is 10.6 Å². The van der Waals surface area contributed by atoms with Gasteiger partial charge in [0.05, 0.1) is 17.1 Å². The number of benzene rings is 3. The molecule has 0 unspecified atom stereocenters. The molecule has 0 saturated heterocycles. The van der Waals surface area contributed by atoms with E-state index in [1.807, 2.05) is 13.0 Å². The molecule has 0 spiro atoms. The number of hydrogen-bond acceptors (Lipinski definition) is 3. The standard InChI is InChI=1S/C30H31N3/c1-5-10-23-11-9-14-27(19-23)32-22(4)30-28(20-29(33-30)25-12-7-6-8-13-25)24-15-17-26(18-16-24)31-21(2)3/h6-9,11-19,31-32H,2,4-5,10,20H2,1,3H3. The zero-order valence-electron chi connectivity index (χ0n) is 19.5. The lowest BCUT2D eigenvalue weighted by molar-refractivity contribution is 0.922. The summed E-state index contributed by atoms with van der Waals surface area (Å²) in [5.41, 5.74) is 10.6. The van der Waals surface area contributed by atoms with E-state index in [9.17, 15) is 0 Å². The topological polar surface area (TPSA) is 36.4 Å². The number of aliphatic imine (C=N–C) groups is 1. The van der Waals surface area contributed by atoms with Gasteiger partial charge >= 0.3 is 0 Å². The maximum absolute atomic E-state index is 5.05. The van der Waals surface area contributed by atoms with Crippen LogP contribution in [0.4, 0.5) is 11.4 Å². The van der Waals surface area contributed by atoms with Gasteiger partial charge in [0, 0.05) is 23.5 Å². The first kappa shape index (κ1) is 22.3. The lowest BCUT2D eigenvalue weighted by Gasteiger charge is -2.13. The number of rotatable bonds is 9. The number of hydrogen-bond donors (Lipinski definition) is 2. The third kappa shape index (κ3) is 5.50. The molecule has 3 nitrogen and oxygen atoms in total. The van der Waals surface area contributed by atoms with Crippen LogP contribution in [-0.4, -0.2) is 5.71 Å². The van der Waals surface area contributed by atoms with Crippen molar-refractivity contribution in [1.29, 1.82) is 0 Å². The largest absolute Gasteiger partial charge is 0.360 e. The molecule has 0 aliphatic carbocycles. The lowest BCUT2D eigenvalue weighted by Crippen LogP contribution is -2.01. The molecule has 0 fully saturated rings. The van der Waals surface area contributed by atoms with Gasteiger partial charge in [0.2, 0.25) is 0 Å². The van der Waals surface area contributed by atoms with E-state index in [1.54, 1.807) is 0 Å². The van der Waals surface area contributed by atoms with E-state index in [1.165, 1.54) is 11.1 Å². The van der Waals surface area contributed by atoms with Crippen molar-refractivity contribution in [3.8, 4) is 0 Å². The number of nitrogens with one attached hydrogen (secondary N) is 2. The van der Waals surface area contributed by atoms with E-state index in [0.717, 1.165) is 64.6 Å². The van der Waals surface area contributed by atoms with Crippen LogP contribution in [0.25, 0.3) is 5.57 Å². The summed E-state index contributed by atoms with van der Waals surface area (Å²) in [5.74, 6) is 0. The lowest BCUT2D eigenvalue weighted by atomic mass is 9.97. The Morgan fingerprint density at radius 3 is 2.30 bits per heavy atom. The number of allylic oxidation sites excluding steroid dienone is 2. The molecule has 1 heterocycles. The fraction of sp³-hybridized carbons (Fsp3) is 0.167. The maximum atomic E-state index is 5.05. The van der Waals surface area contributed by atoms with E-state index < -0.39 is 0 Å². The van der Waals surface area contributed by atoms with Gasteiger partial charge in [0.25, 0.3) is 0 Å². The van der Waals surface area contributed by atoms with Gasteiger partial charge < -0.3 is 10.6 Å². The second-order valence-corrected chi connectivity index (χ2v) is 8.47. The highest BCUT2D eigenvalue weighted by Crippen LogP contribution is 2.35. The summed E-state index contributed by atoms with van der Waals surface area (Å²) in [6.07, 6.45) is 2.96. The van der Waals surface area contributed by atoms with E-state index >= 15 is 0 Å². The molecule has 0 saturated carbocycles. The normalized spacial score (nSPS) is 13.0. The predicted molar refractivity (Wildman–Crippen MR) is 143 cm³/mol. The molecule has 4 rings (SSSR count). The Kier molecular flexibility index (Phi) is 6.89. The predicted octanol–water partition coefficient (Wildman–Crippen LogP) is 7.81. The second-order valence-electron chi connectivity index (χ2n) is 8.47. The molecule has 3 aromatic rings. The van der Waals surface area contributed by atoms with Gasteiger partial charge in [-0.15, -0.1) is 0 Å². The van der Waals surface area contributed by atoms with Crippen LogP contribution < -0.4 is 10.6 Å². The van der Waals surface area contributed by atoms with Crippen molar-refractivity contribution in [3.05, 3.63) is 126 Å². The van der Waals surface area contributed by atoms with Crippen LogP contribution in [0.5, 0.6) is 0 Å². The van der Waals surface area contributed by atoms with E-state index in [-0.39, 0.29) is 0 Å². The molecule has 3 heteroatoms. The fourth-order valence-electron chi connectivity index (χ4n) is 4.11. The van der Waals surface area contributed by atoms with Crippen molar-refractivity contribution < 1.29 is 0 Å². The van der Waals surface area contributed by atoms with Gasteiger partial charge in [0.1, 0.15) is 0 Å². The SMILES string of the molecule is C=C(C)Nc1ccc(C2=C(C(=C)Nc3cccc(CCC)c3)N=C(c3ccccc3)C2)cc1. The van der Waals surface area contributed by atoms with Gasteiger partial charge in [-0.1, -0.05) is 81.1 Å². The van der Waals surface area contributed by atoms with E-state index in [0.29, 0.717) is 0 Å². The second kappa shape index (κ2) is 10.2. The van der Waals surface area contributed by atoms with Gasteiger partial charge in [-0.2, -0.15) is 0 Å². The van der Waals surface area contributed by atoms with Gasteiger partial charge in [-0.05, 0) is 59.9 Å². The molecule has 33 heavy (non-hydrogen) atoms. The van der Waals surface area contributed by atoms with Crippen LogP contribution in [0.2, 0.25) is 0 Å². The molecule has 3 aromatic carbocycles. The quantitative estimate of drug-likeness (QED) is 0.361. The number of anilines is 2. The average Bonchev–Trinajstić information content (AvgIpc) is 3.26. The van der Waals surface area contributed by atoms with Crippen LogP contribution in [0, 0.1) is 0 Å². The average molecular weight is 434 g/mol. The van der Waals surface area contributed by atoms with Crippen LogP contribution in [-0.2, 0) is 6.42 Å². The van der Waals surface area contributed by atoms with Crippen molar-refractivity contribution in [2.24, 2.45) is 4.99 Å². The van der Waals surface area contributed by atoms with Crippen LogP contribution in [0.15, 0.2) is 114 Å². The summed E-state index contributed by atoms with van der Waals surface area (Å²) in [7, 11) is 0. The van der Waals surface area contributed by atoms with Gasteiger partial charge in [0.15, 0.2) is 0 Å². The first-order valence-electron chi connectivity index (χ1n) is 11.5. The first-order valence-corrected chi connectivity index (χ1v) is 11.5. The van der Waals surface area contributed by atoms with Crippen LogP contribution in [0.3, 0.4) is 0 Å². The first-order chi connectivity index (χ1) is 16.0. The van der Waals surface area contributed by atoms with Gasteiger partial charge in [-0.25, -0.2) is 4.99 Å². The highest BCUT2D eigenvalue weighted by Gasteiger charge is 2.22. The smallest absolute Gasteiger partial charge is 0.0903 e. The molecule has 1 aliphatic heterocycles. The monoisotopic (exact) mass is 433 g/mol. The molecule has 1 aliphatic rings. The summed E-state index contributed by atoms with van der Waals surface area (Å²) in [4.78, 5) is 5.05. The van der Waals surface area contributed by atoms with Crippen molar-refractivity contribution >= 4 is 22.7 Å². The molecule has 0 amide bonds. The van der Waals surface area contributed by atoms with Crippen LogP contribution >= 0.6 is 0 Å². The molecular formula is C30H31N3. The Labute approximate surface area is 197 Å². The number of nitrogens with zero attached hydrogens (tertiary/aromatic N) is 1. The summed E-state index contributed by atoms with van der Waals surface area (Å²) in [6, 6.07) is 27.4.